The van der Waals surface area contributed by atoms with Gasteiger partial charge in [0, 0.05) is 18.2 Å². The van der Waals surface area contributed by atoms with E-state index in [9.17, 15) is 9.59 Å². The third kappa shape index (κ3) is 3.76. The molecule has 4 saturated carbocycles. The molecule has 2 amide bonds. The summed E-state index contributed by atoms with van der Waals surface area (Å²) in [5.74, 6) is 1.52. The Balaban J connectivity index is 1.50. The van der Waals surface area contributed by atoms with E-state index in [1.165, 1.54) is 25.3 Å². The molecule has 0 atom stereocenters. The molecule has 0 spiro atoms. The molecule has 4 aliphatic rings. The molecular formula is C19H30N2O3. The largest absolute Gasteiger partial charge is 0.478 e. The number of hydrogen-bond acceptors (Lipinski definition) is 2. The highest BCUT2D eigenvalue weighted by Gasteiger charge is 2.54. The lowest BCUT2D eigenvalue weighted by Gasteiger charge is -2.60. The fourth-order valence-corrected chi connectivity index (χ4v) is 5.87. The van der Waals surface area contributed by atoms with Crippen LogP contribution in [0.25, 0.3) is 0 Å². The molecule has 5 heteroatoms. The van der Waals surface area contributed by atoms with Crippen molar-refractivity contribution in [3.63, 3.8) is 0 Å². The first-order valence-corrected chi connectivity index (χ1v) is 9.45. The van der Waals surface area contributed by atoms with Crippen LogP contribution in [0, 0.1) is 17.8 Å². The van der Waals surface area contributed by atoms with E-state index in [1.807, 2.05) is 4.90 Å². The van der Waals surface area contributed by atoms with Crippen molar-refractivity contribution >= 4 is 12.0 Å². The summed E-state index contributed by atoms with van der Waals surface area (Å²) in [4.78, 5) is 24.5. The van der Waals surface area contributed by atoms with Crippen molar-refractivity contribution in [1.29, 1.82) is 0 Å². The summed E-state index contributed by atoms with van der Waals surface area (Å²) < 4.78 is 0. The van der Waals surface area contributed by atoms with Crippen LogP contribution in [0.4, 0.5) is 4.79 Å². The normalized spacial score (nSPS) is 33.9. The predicted octanol–water partition coefficient (Wildman–Crippen LogP) is 3.54. The number of carboxylic acid groups (broad SMARTS) is 1. The average molecular weight is 334 g/mol. The summed E-state index contributed by atoms with van der Waals surface area (Å²) in [6.07, 6.45) is 14.1. The molecule has 0 aromatic carbocycles. The number of allylic oxidation sites excluding steroid dienone is 1. The molecule has 0 unspecified atom stereocenters. The van der Waals surface area contributed by atoms with E-state index in [1.54, 1.807) is 6.08 Å². The first kappa shape index (κ1) is 17.3. The molecule has 0 aromatic heterocycles. The second-order valence-corrected chi connectivity index (χ2v) is 8.22. The molecule has 0 saturated heterocycles. The molecule has 4 aliphatic carbocycles. The molecule has 4 rings (SSSR count). The third-order valence-electron chi connectivity index (χ3n) is 6.36. The minimum Gasteiger partial charge on any atom is -0.478 e. The van der Waals surface area contributed by atoms with Crippen LogP contribution < -0.4 is 5.73 Å². The fourth-order valence-electron chi connectivity index (χ4n) is 5.87. The lowest BCUT2D eigenvalue weighted by atomic mass is 9.52. The van der Waals surface area contributed by atoms with Crippen molar-refractivity contribution in [3.8, 4) is 0 Å². The molecule has 134 valence electrons. The number of carboxylic acids is 1. The van der Waals surface area contributed by atoms with Crippen LogP contribution >= 0.6 is 0 Å². The SMILES string of the molecule is NC(=O)N(CCCCCC=CC(=O)O)C12CC3CC(CC(C3)C1)C2. The van der Waals surface area contributed by atoms with Crippen molar-refractivity contribution in [2.45, 2.75) is 69.7 Å². The van der Waals surface area contributed by atoms with Gasteiger partial charge in [0.2, 0.25) is 0 Å². The van der Waals surface area contributed by atoms with Gasteiger partial charge in [-0.25, -0.2) is 9.59 Å². The standard InChI is InChI=1S/C19H30N2O3/c20-18(24)21(7-5-3-1-2-4-6-17(22)23)19-11-14-8-15(12-19)10-16(9-14)13-19/h4,6,14-16H,1-3,5,7-13H2,(H2,20,24)(H,22,23). The molecule has 4 bridgehead atoms. The average Bonchev–Trinajstić information content (AvgIpc) is 2.47. The maximum Gasteiger partial charge on any atom is 0.327 e. The zero-order valence-corrected chi connectivity index (χ0v) is 14.5. The van der Waals surface area contributed by atoms with Gasteiger partial charge in [0.15, 0.2) is 0 Å². The van der Waals surface area contributed by atoms with Crippen LogP contribution in [-0.2, 0) is 4.79 Å². The lowest BCUT2D eigenvalue weighted by Crippen LogP contribution is -2.62. The molecule has 0 aromatic rings. The minimum absolute atomic E-state index is 0.0454. The Labute approximate surface area is 144 Å². The highest BCUT2D eigenvalue weighted by molar-refractivity contribution is 5.79. The maximum atomic E-state index is 12.1. The van der Waals surface area contributed by atoms with Crippen molar-refractivity contribution in [1.82, 2.24) is 4.90 Å². The van der Waals surface area contributed by atoms with E-state index in [0.717, 1.165) is 69.2 Å². The third-order valence-corrected chi connectivity index (χ3v) is 6.36. The van der Waals surface area contributed by atoms with Crippen LogP contribution in [0.15, 0.2) is 12.2 Å². The number of amides is 2. The summed E-state index contributed by atoms with van der Waals surface area (Å²) in [6, 6.07) is -0.247. The van der Waals surface area contributed by atoms with Crippen LogP contribution in [0.5, 0.6) is 0 Å². The molecule has 3 N–H and O–H groups in total. The van der Waals surface area contributed by atoms with Gasteiger partial charge in [0.1, 0.15) is 0 Å². The molecule has 4 fully saturated rings. The van der Waals surface area contributed by atoms with E-state index in [2.05, 4.69) is 0 Å². The molecule has 5 nitrogen and oxygen atoms in total. The van der Waals surface area contributed by atoms with Crippen molar-refractivity contribution in [3.05, 3.63) is 12.2 Å². The van der Waals surface area contributed by atoms with Gasteiger partial charge < -0.3 is 15.7 Å². The summed E-state index contributed by atoms with van der Waals surface area (Å²) in [5.41, 5.74) is 5.81. The number of aliphatic carboxylic acids is 1. The molecule has 0 radical (unpaired) electrons. The van der Waals surface area contributed by atoms with E-state index >= 15 is 0 Å². The fraction of sp³-hybridized carbons (Fsp3) is 0.789. The zero-order chi connectivity index (χ0) is 17.2. The maximum absolute atomic E-state index is 12.1. The van der Waals surface area contributed by atoms with Gasteiger partial charge in [-0.05, 0) is 75.5 Å². The Hall–Kier alpha value is -1.52. The van der Waals surface area contributed by atoms with Crippen LogP contribution in [0.3, 0.4) is 0 Å². The quantitative estimate of drug-likeness (QED) is 0.526. The number of nitrogens with zero attached hydrogens (tertiary/aromatic N) is 1. The van der Waals surface area contributed by atoms with Gasteiger partial charge in [-0.2, -0.15) is 0 Å². The van der Waals surface area contributed by atoms with E-state index in [-0.39, 0.29) is 11.6 Å². The molecule has 24 heavy (non-hydrogen) atoms. The number of rotatable bonds is 8. The van der Waals surface area contributed by atoms with E-state index < -0.39 is 5.97 Å². The molecule has 0 heterocycles. The number of carbonyl (C=O) groups excluding carboxylic acids is 1. The lowest BCUT2D eigenvalue weighted by molar-refractivity contribution is -0.131. The summed E-state index contributed by atoms with van der Waals surface area (Å²) in [5, 5.41) is 8.56. The monoisotopic (exact) mass is 334 g/mol. The van der Waals surface area contributed by atoms with Gasteiger partial charge in [-0.1, -0.05) is 12.5 Å². The van der Waals surface area contributed by atoms with E-state index in [4.69, 9.17) is 10.8 Å². The molecular weight excluding hydrogens is 304 g/mol. The Bertz CT molecular complexity index is 479. The van der Waals surface area contributed by atoms with Crippen LogP contribution in [0.1, 0.15) is 64.2 Å². The Morgan fingerprint density at radius 3 is 2.12 bits per heavy atom. The van der Waals surface area contributed by atoms with Crippen molar-refractivity contribution in [2.75, 3.05) is 6.54 Å². The smallest absolute Gasteiger partial charge is 0.327 e. The zero-order valence-electron chi connectivity index (χ0n) is 14.5. The number of primary amides is 1. The van der Waals surface area contributed by atoms with Gasteiger partial charge in [-0.3, -0.25) is 0 Å². The van der Waals surface area contributed by atoms with Crippen molar-refractivity contribution in [2.24, 2.45) is 23.5 Å². The summed E-state index contributed by atoms with van der Waals surface area (Å²) >= 11 is 0. The van der Waals surface area contributed by atoms with Gasteiger partial charge in [0.05, 0.1) is 0 Å². The highest BCUT2D eigenvalue weighted by atomic mass is 16.4. The van der Waals surface area contributed by atoms with Crippen LogP contribution in [-0.4, -0.2) is 34.1 Å². The van der Waals surface area contributed by atoms with Gasteiger partial charge in [-0.15, -0.1) is 0 Å². The highest BCUT2D eigenvalue weighted by Crippen LogP contribution is 2.57. The first-order valence-electron chi connectivity index (χ1n) is 9.45. The topological polar surface area (TPSA) is 83.6 Å². The number of carbonyl (C=O) groups is 2. The number of nitrogens with two attached hydrogens (primary N) is 1. The second-order valence-electron chi connectivity index (χ2n) is 8.22. The summed E-state index contributed by atoms with van der Waals surface area (Å²) in [6.45, 7) is 0.754. The number of hydrogen-bond donors (Lipinski definition) is 2. The Morgan fingerprint density at radius 1 is 1.04 bits per heavy atom. The summed E-state index contributed by atoms with van der Waals surface area (Å²) in [7, 11) is 0. The second kappa shape index (κ2) is 7.16. The first-order chi connectivity index (χ1) is 11.5. The number of unbranched alkanes of at least 4 members (excludes halogenated alkanes) is 3. The van der Waals surface area contributed by atoms with Gasteiger partial charge >= 0.3 is 12.0 Å². The van der Waals surface area contributed by atoms with E-state index in [0.29, 0.717) is 0 Å². The molecule has 0 aliphatic heterocycles. The number of urea groups is 1. The predicted molar refractivity (Wildman–Crippen MR) is 92.4 cm³/mol. The van der Waals surface area contributed by atoms with Crippen molar-refractivity contribution < 1.29 is 14.7 Å². The minimum atomic E-state index is -0.892. The van der Waals surface area contributed by atoms with Crippen LogP contribution in [0.2, 0.25) is 0 Å². The Morgan fingerprint density at radius 2 is 1.62 bits per heavy atom. The Kier molecular flexibility index (Phi) is 5.16. The van der Waals surface area contributed by atoms with Gasteiger partial charge in [0.25, 0.3) is 0 Å².